The average Bonchev–Trinajstić information content (AvgIpc) is 2.89. The zero-order valence-electron chi connectivity index (χ0n) is 16.1. The molecular weight excluding hydrogens is 356 g/mol. The van der Waals surface area contributed by atoms with E-state index in [-0.39, 0.29) is 17.6 Å². The molecule has 27 heavy (non-hydrogen) atoms. The van der Waals surface area contributed by atoms with Gasteiger partial charge in [0, 0.05) is 16.9 Å². The zero-order valence-corrected chi connectivity index (χ0v) is 16.9. The minimum Gasteiger partial charge on any atom is -0.511 e. The van der Waals surface area contributed by atoms with Crippen molar-refractivity contribution >= 4 is 28.5 Å². The normalized spacial score (nSPS) is 23.6. The topological polar surface area (TPSA) is 37.3 Å². The Kier molecular flexibility index (Phi) is 6.06. The minimum atomic E-state index is 0.0558. The van der Waals surface area contributed by atoms with Crippen molar-refractivity contribution in [2.45, 2.75) is 46.0 Å². The van der Waals surface area contributed by atoms with Crippen LogP contribution in [0.15, 0.2) is 53.8 Å². The number of hydrogen-bond donors (Lipinski definition) is 1. The Morgan fingerprint density at radius 2 is 1.89 bits per heavy atom. The van der Waals surface area contributed by atoms with Gasteiger partial charge in [-0.1, -0.05) is 49.4 Å². The van der Waals surface area contributed by atoms with Crippen molar-refractivity contribution in [3.63, 3.8) is 0 Å². The van der Waals surface area contributed by atoms with Gasteiger partial charge in [-0.15, -0.1) is 0 Å². The van der Waals surface area contributed by atoms with E-state index in [1.54, 1.807) is 6.08 Å². The lowest BCUT2D eigenvalue weighted by atomic mass is 9.82. The van der Waals surface area contributed by atoms with E-state index < -0.39 is 0 Å². The van der Waals surface area contributed by atoms with E-state index in [9.17, 15) is 9.90 Å². The van der Waals surface area contributed by atoms with Crippen LogP contribution in [0.25, 0.3) is 11.1 Å². The van der Waals surface area contributed by atoms with E-state index in [1.165, 1.54) is 0 Å². The molecule has 0 saturated heterocycles. The second kappa shape index (κ2) is 8.31. The summed E-state index contributed by atoms with van der Waals surface area (Å²) in [5, 5.41) is 11.5. The van der Waals surface area contributed by atoms with Crippen LogP contribution in [0.5, 0.6) is 0 Å². The second-order valence-corrected chi connectivity index (χ2v) is 7.94. The third kappa shape index (κ3) is 3.96. The summed E-state index contributed by atoms with van der Waals surface area (Å²) in [6, 6.07) is 6.19. The van der Waals surface area contributed by atoms with E-state index in [0.717, 1.165) is 54.4 Å². The third-order valence-corrected chi connectivity index (χ3v) is 6.17. The van der Waals surface area contributed by atoms with Crippen LogP contribution in [0.3, 0.4) is 0 Å². The van der Waals surface area contributed by atoms with Gasteiger partial charge in [0.15, 0.2) is 5.78 Å². The number of halogens is 1. The molecule has 0 aromatic heterocycles. The van der Waals surface area contributed by atoms with E-state index in [2.05, 4.69) is 31.7 Å². The van der Waals surface area contributed by atoms with Gasteiger partial charge in [-0.05, 0) is 73.4 Å². The molecule has 0 amide bonds. The number of Topliss-reactive ketones (excluding diaryl/α,β-unsaturated/α-hetero) is 1. The van der Waals surface area contributed by atoms with Crippen LogP contribution >= 0.6 is 11.6 Å². The van der Waals surface area contributed by atoms with Gasteiger partial charge >= 0.3 is 0 Å². The lowest BCUT2D eigenvalue weighted by Gasteiger charge is -2.21. The first-order valence-corrected chi connectivity index (χ1v) is 10.1. The summed E-state index contributed by atoms with van der Waals surface area (Å²) in [7, 11) is 0. The van der Waals surface area contributed by atoms with E-state index in [4.69, 9.17) is 11.6 Å². The SMILES string of the molecule is C=C/C(Cl)=C\C=C(/C)c1ccc(CC)c(C2=C(O)C3CCC(CC3)C2=O)c1. The number of hydrogen-bond acceptors (Lipinski definition) is 2. The summed E-state index contributed by atoms with van der Waals surface area (Å²) in [5.74, 6) is 0.612. The van der Waals surface area contributed by atoms with Crippen molar-refractivity contribution in [1.29, 1.82) is 0 Å². The number of rotatable bonds is 5. The molecule has 1 aromatic carbocycles. The van der Waals surface area contributed by atoms with Gasteiger partial charge in [0.05, 0.1) is 5.57 Å². The van der Waals surface area contributed by atoms with Crippen LogP contribution < -0.4 is 0 Å². The Hall–Kier alpha value is -2.06. The molecule has 3 aliphatic carbocycles. The number of ketones is 1. The van der Waals surface area contributed by atoms with Gasteiger partial charge in [0.1, 0.15) is 5.76 Å². The van der Waals surface area contributed by atoms with Gasteiger partial charge in [0.2, 0.25) is 0 Å². The first-order chi connectivity index (χ1) is 13.0. The highest BCUT2D eigenvalue weighted by Crippen LogP contribution is 2.43. The molecule has 0 radical (unpaired) electrons. The monoisotopic (exact) mass is 382 g/mol. The lowest BCUT2D eigenvalue weighted by Crippen LogP contribution is -2.17. The molecule has 1 aromatic rings. The molecule has 0 atom stereocenters. The summed E-state index contributed by atoms with van der Waals surface area (Å²) in [6.07, 6.45) is 9.78. The van der Waals surface area contributed by atoms with Gasteiger partial charge < -0.3 is 5.11 Å². The maximum absolute atomic E-state index is 13.1. The van der Waals surface area contributed by atoms with Crippen LogP contribution in [0.4, 0.5) is 0 Å². The lowest BCUT2D eigenvalue weighted by molar-refractivity contribution is -0.117. The summed E-state index contributed by atoms with van der Waals surface area (Å²) < 4.78 is 0. The highest BCUT2D eigenvalue weighted by atomic mass is 35.5. The molecule has 0 aliphatic heterocycles. The van der Waals surface area contributed by atoms with Crippen LogP contribution in [-0.4, -0.2) is 10.9 Å². The van der Waals surface area contributed by atoms with Gasteiger partial charge in [-0.3, -0.25) is 4.79 Å². The highest BCUT2D eigenvalue weighted by molar-refractivity contribution is 6.31. The molecule has 3 aliphatic rings. The van der Waals surface area contributed by atoms with Crippen LogP contribution in [0.2, 0.25) is 0 Å². The minimum absolute atomic E-state index is 0.0558. The van der Waals surface area contributed by atoms with Crippen LogP contribution in [0, 0.1) is 11.8 Å². The fourth-order valence-corrected chi connectivity index (χ4v) is 4.23. The predicted molar refractivity (Wildman–Crippen MR) is 114 cm³/mol. The first-order valence-electron chi connectivity index (χ1n) is 9.73. The second-order valence-electron chi connectivity index (χ2n) is 7.50. The van der Waals surface area contributed by atoms with Crippen molar-refractivity contribution in [2.24, 2.45) is 11.8 Å². The molecule has 2 bridgehead atoms. The Bertz CT molecular complexity index is 849. The number of fused-ring (bicyclic) bond motifs is 3. The molecule has 0 spiro atoms. The van der Waals surface area contributed by atoms with E-state index >= 15 is 0 Å². The highest BCUT2D eigenvalue weighted by Gasteiger charge is 2.38. The van der Waals surface area contributed by atoms with E-state index in [1.807, 2.05) is 19.1 Å². The summed E-state index contributed by atoms with van der Waals surface area (Å²) >= 11 is 6.01. The maximum atomic E-state index is 13.1. The fourth-order valence-electron chi connectivity index (χ4n) is 4.17. The molecule has 1 N–H and O–H groups in total. The van der Waals surface area contributed by atoms with Crippen molar-refractivity contribution in [3.8, 4) is 0 Å². The smallest absolute Gasteiger partial charge is 0.169 e. The number of allylic oxidation sites excluding steroid dienone is 7. The number of carbonyl (C=O) groups is 1. The molecule has 142 valence electrons. The predicted octanol–water partition coefficient (Wildman–Crippen LogP) is 6.62. The third-order valence-electron chi connectivity index (χ3n) is 5.89. The zero-order chi connectivity index (χ0) is 19.6. The van der Waals surface area contributed by atoms with Crippen molar-refractivity contribution in [2.75, 3.05) is 0 Å². The van der Waals surface area contributed by atoms with Crippen molar-refractivity contribution < 1.29 is 9.90 Å². The average molecular weight is 383 g/mol. The molecule has 3 heteroatoms. The molecule has 2 nitrogen and oxygen atoms in total. The Morgan fingerprint density at radius 1 is 1.22 bits per heavy atom. The Labute approximate surface area is 166 Å². The molecule has 0 heterocycles. The Morgan fingerprint density at radius 3 is 2.52 bits per heavy atom. The molecule has 4 rings (SSSR count). The Balaban J connectivity index is 2.11. The number of carbonyl (C=O) groups excluding carboxylic acids is 1. The number of aliphatic hydroxyl groups excluding tert-OH is 1. The maximum Gasteiger partial charge on any atom is 0.169 e. The van der Waals surface area contributed by atoms with Crippen molar-refractivity contribution in [3.05, 3.63) is 70.5 Å². The summed E-state index contributed by atoms with van der Waals surface area (Å²) in [6.45, 7) is 7.75. The summed E-state index contributed by atoms with van der Waals surface area (Å²) in [4.78, 5) is 13.1. The fraction of sp³-hybridized carbons (Fsp3) is 0.375. The number of aryl methyl sites for hydroxylation is 1. The standard InChI is InChI=1S/C24H27ClO2/c1-4-16-7-12-19(15(3)6-13-20(25)5-2)14-21(16)22-23(26)17-8-9-18(11-10-17)24(22)27/h5-7,12-14,17-18,26H,2,4,8-11H2,1,3H3/b15-6+,20-13+. The molecule has 0 unspecified atom stereocenters. The summed E-state index contributed by atoms with van der Waals surface area (Å²) in [5.41, 5.74) is 4.62. The van der Waals surface area contributed by atoms with Gasteiger partial charge in [-0.25, -0.2) is 0 Å². The quantitative estimate of drug-likeness (QED) is 0.581. The molecule has 1 fully saturated rings. The number of aliphatic hydroxyl groups is 1. The first kappa shape index (κ1) is 19.7. The van der Waals surface area contributed by atoms with Crippen LogP contribution in [0.1, 0.15) is 56.2 Å². The van der Waals surface area contributed by atoms with Gasteiger partial charge in [-0.2, -0.15) is 0 Å². The van der Waals surface area contributed by atoms with Crippen molar-refractivity contribution in [1.82, 2.24) is 0 Å². The largest absolute Gasteiger partial charge is 0.511 e. The van der Waals surface area contributed by atoms with E-state index in [0.29, 0.717) is 16.4 Å². The van der Waals surface area contributed by atoms with Crippen LogP contribution in [-0.2, 0) is 11.2 Å². The number of benzene rings is 1. The molecule has 1 saturated carbocycles. The van der Waals surface area contributed by atoms with Gasteiger partial charge in [0.25, 0.3) is 0 Å². The molecular formula is C24H27ClO2.